The number of rotatable bonds is 6. The Labute approximate surface area is 120 Å². The van der Waals surface area contributed by atoms with Gasteiger partial charge in [0, 0.05) is 6.54 Å². The van der Waals surface area contributed by atoms with Crippen LogP contribution >= 0.6 is 0 Å². The lowest BCUT2D eigenvalue weighted by molar-refractivity contribution is -0.131. The first-order valence-corrected chi connectivity index (χ1v) is 7.36. The van der Waals surface area contributed by atoms with Crippen LogP contribution in [0.4, 0.5) is 0 Å². The van der Waals surface area contributed by atoms with Gasteiger partial charge in [-0.15, -0.1) is 0 Å². The Kier molecular flexibility index (Phi) is 5.15. The highest BCUT2D eigenvalue weighted by Gasteiger charge is 2.40. The SMILES string of the molecule is NCC1(C(=O)N[C@H](CO)Cc2ccccc2)CCCC1. The molecule has 4 N–H and O–H groups in total. The summed E-state index contributed by atoms with van der Waals surface area (Å²) in [4.78, 5) is 12.5. The van der Waals surface area contributed by atoms with Gasteiger partial charge in [-0.2, -0.15) is 0 Å². The van der Waals surface area contributed by atoms with E-state index in [9.17, 15) is 9.90 Å². The van der Waals surface area contributed by atoms with Gasteiger partial charge < -0.3 is 16.2 Å². The topological polar surface area (TPSA) is 75.4 Å². The second-order valence-corrected chi connectivity index (χ2v) is 5.73. The maximum absolute atomic E-state index is 12.5. The number of nitrogens with two attached hydrogens (primary N) is 1. The first-order valence-electron chi connectivity index (χ1n) is 7.36. The lowest BCUT2D eigenvalue weighted by Crippen LogP contribution is -2.49. The Balaban J connectivity index is 1.97. The minimum absolute atomic E-state index is 0.00693. The van der Waals surface area contributed by atoms with Crippen molar-refractivity contribution in [1.82, 2.24) is 5.32 Å². The Morgan fingerprint density at radius 1 is 1.30 bits per heavy atom. The maximum atomic E-state index is 12.5. The van der Waals surface area contributed by atoms with Crippen LogP contribution in [0.5, 0.6) is 0 Å². The first-order chi connectivity index (χ1) is 9.70. The zero-order valence-electron chi connectivity index (χ0n) is 11.8. The fraction of sp³-hybridized carbons (Fsp3) is 0.562. The molecule has 1 amide bonds. The predicted molar refractivity (Wildman–Crippen MR) is 79.1 cm³/mol. The molecule has 1 aliphatic carbocycles. The zero-order valence-corrected chi connectivity index (χ0v) is 11.8. The third kappa shape index (κ3) is 3.38. The fourth-order valence-electron chi connectivity index (χ4n) is 2.97. The van der Waals surface area contributed by atoms with Gasteiger partial charge in [-0.1, -0.05) is 43.2 Å². The molecule has 0 saturated heterocycles. The lowest BCUT2D eigenvalue weighted by Gasteiger charge is -2.28. The first kappa shape index (κ1) is 15.0. The van der Waals surface area contributed by atoms with Gasteiger partial charge >= 0.3 is 0 Å². The number of amides is 1. The van der Waals surface area contributed by atoms with E-state index in [2.05, 4.69) is 5.32 Å². The van der Waals surface area contributed by atoms with Gasteiger partial charge in [-0.25, -0.2) is 0 Å². The van der Waals surface area contributed by atoms with E-state index in [-0.39, 0.29) is 18.6 Å². The smallest absolute Gasteiger partial charge is 0.227 e. The van der Waals surface area contributed by atoms with Crippen LogP contribution in [0.2, 0.25) is 0 Å². The van der Waals surface area contributed by atoms with Crippen molar-refractivity contribution >= 4 is 5.91 Å². The summed E-state index contributed by atoms with van der Waals surface area (Å²) in [6.07, 6.45) is 4.49. The number of hydrogen-bond donors (Lipinski definition) is 3. The molecule has 1 aliphatic rings. The molecule has 0 aliphatic heterocycles. The molecular formula is C16H24N2O2. The second-order valence-electron chi connectivity index (χ2n) is 5.73. The van der Waals surface area contributed by atoms with Crippen molar-refractivity contribution in [3.8, 4) is 0 Å². The van der Waals surface area contributed by atoms with Crippen LogP contribution in [0, 0.1) is 5.41 Å². The second kappa shape index (κ2) is 6.86. The van der Waals surface area contributed by atoms with Gasteiger partial charge in [-0.3, -0.25) is 4.79 Å². The van der Waals surface area contributed by atoms with E-state index < -0.39 is 5.41 Å². The van der Waals surface area contributed by atoms with Crippen molar-refractivity contribution in [2.45, 2.75) is 38.1 Å². The summed E-state index contributed by atoms with van der Waals surface area (Å²) in [5.74, 6) is 0.00693. The number of aliphatic hydroxyl groups is 1. The third-order valence-corrected chi connectivity index (χ3v) is 4.31. The van der Waals surface area contributed by atoms with Crippen LogP contribution in [0.3, 0.4) is 0 Å². The summed E-state index contributed by atoms with van der Waals surface area (Å²) >= 11 is 0. The molecule has 4 heteroatoms. The molecule has 1 saturated carbocycles. The minimum atomic E-state index is -0.413. The summed E-state index contributed by atoms with van der Waals surface area (Å²) in [6.45, 7) is 0.337. The summed E-state index contributed by atoms with van der Waals surface area (Å²) in [6, 6.07) is 9.65. The van der Waals surface area contributed by atoms with E-state index in [1.54, 1.807) is 0 Å². The van der Waals surface area contributed by atoms with E-state index >= 15 is 0 Å². The molecule has 1 atom stereocenters. The molecule has 20 heavy (non-hydrogen) atoms. The van der Waals surface area contributed by atoms with Gasteiger partial charge in [0.25, 0.3) is 0 Å². The number of carbonyl (C=O) groups is 1. The van der Waals surface area contributed by atoms with E-state index in [1.807, 2.05) is 30.3 Å². The van der Waals surface area contributed by atoms with Crippen LogP contribution < -0.4 is 11.1 Å². The van der Waals surface area contributed by atoms with Crippen molar-refractivity contribution in [3.63, 3.8) is 0 Å². The fourth-order valence-corrected chi connectivity index (χ4v) is 2.97. The number of benzene rings is 1. The summed E-state index contributed by atoms with van der Waals surface area (Å²) in [7, 11) is 0. The molecule has 110 valence electrons. The van der Waals surface area contributed by atoms with Crippen LogP contribution in [-0.2, 0) is 11.2 Å². The van der Waals surface area contributed by atoms with Gasteiger partial charge in [-0.05, 0) is 24.8 Å². The quantitative estimate of drug-likeness (QED) is 0.731. The van der Waals surface area contributed by atoms with Crippen LogP contribution in [0.25, 0.3) is 0 Å². The number of nitrogens with one attached hydrogen (secondary N) is 1. The Morgan fingerprint density at radius 2 is 1.95 bits per heavy atom. The molecule has 0 unspecified atom stereocenters. The standard InChI is InChI=1S/C16H24N2O2/c17-12-16(8-4-5-9-16)15(20)18-14(11-19)10-13-6-2-1-3-7-13/h1-3,6-7,14,19H,4-5,8-12,17H2,(H,18,20)/t14-/m0/s1. The number of carbonyl (C=O) groups excluding carboxylic acids is 1. The number of hydrogen-bond acceptors (Lipinski definition) is 3. The highest BCUT2D eigenvalue weighted by atomic mass is 16.3. The normalized spacial score (nSPS) is 18.7. The third-order valence-electron chi connectivity index (χ3n) is 4.31. The van der Waals surface area contributed by atoms with E-state index in [0.717, 1.165) is 31.2 Å². The highest BCUT2D eigenvalue weighted by molar-refractivity contribution is 5.83. The molecule has 2 rings (SSSR count). The molecular weight excluding hydrogens is 252 g/mol. The van der Waals surface area contributed by atoms with E-state index in [4.69, 9.17) is 5.73 Å². The van der Waals surface area contributed by atoms with Crippen LogP contribution in [0.1, 0.15) is 31.2 Å². The van der Waals surface area contributed by atoms with Gasteiger partial charge in [0.1, 0.15) is 0 Å². The average Bonchev–Trinajstić information content (AvgIpc) is 2.97. The van der Waals surface area contributed by atoms with Gasteiger partial charge in [0.15, 0.2) is 0 Å². The molecule has 0 heterocycles. The molecule has 0 aromatic heterocycles. The Morgan fingerprint density at radius 3 is 2.50 bits per heavy atom. The molecule has 4 nitrogen and oxygen atoms in total. The van der Waals surface area contributed by atoms with Crippen molar-refractivity contribution in [3.05, 3.63) is 35.9 Å². The summed E-state index contributed by atoms with van der Waals surface area (Å²) in [5, 5.41) is 12.5. The van der Waals surface area contributed by atoms with Gasteiger partial charge in [0.05, 0.1) is 18.1 Å². The molecule has 0 radical (unpaired) electrons. The summed E-state index contributed by atoms with van der Waals surface area (Å²) < 4.78 is 0. The predicted octanol–water partition coefficient (Wildman–Crippen LogP) is 1.23. The van der Waals surface area contributed by atoms with E-state index in [0.29, 0.717) is 13.0 Å². The maximum Gasteiger partial charge on any atom is 0.227 e. The zero-order chi connectivity index (χ0) is 14.4. The summed E-state index contributed by atoms with van der Waals surface area (Å²) in [5.41, 5.74) is 6.51. The van der Waals surface area contributed by atoms with Crippen LogP contribution in [0.15, 0.2) is 30.3 Å². The van der Waals surface area contributed by atoms with Gasteiger partial charge in [0.2, 0.25) is 5.91 Å². The molecule has 1 aromatic rings. The molecule has 0 spiro atoms. The average molecular weight is 276 g/mol. The Bertz CT molecular complexity index is 427. The minimum Gasteiger partial charge on any atom is -0.394 e. The number of aliphatic hydroxyl groups excluding tert-OH is 1. The molecule has 1 fully saturated rings. The monoisotopic (exact) mass is 276 g/mol. The van der Waals surface area contributed by atoms with Crippen molar-refractivity contribution in [2.75, 3.05) is 13.2 Å². The molecule has 0 bridgehead atoms. The van der Waals surface area contributed by atoms with Crippen LogP contribution in [-0.4, -0.2) is 30.2 Å². The van der Waals surface area contributed by atoms with E-state index in [1.165, 1.54) is 0 Å². The Hall–Kier alpha value is -1.39. The largest absolute Gasteiger partial charge is 0.394 e. The van der Waals surface area contributed by atoms with Crippen molar-refractivity contribution in [1.29, 1.82) is 0 Å². The van der Waals surface area contributed by atoms with Crippen molar-refractivity contribution in [2.24, 2.45) is 11.1 Å². The highest BCUT2D eigenvalue weighted by Crippen LogP contribution is 2.37. The molecule has 1 aromatic carbocycles. The lowest BCUT2D eigenvalue weighted by atomic mass is 9.85. The van der Waals surface area contributed by atoms with Crippen molar-refractivity contribution < 1.29 is 9.90 Å².